The lowest BCUT2D eigenvalue weighted by atomic mass is 9.99. The summed E-state index contributed by atoms with van der Waals surface area (Å²) in [6.07, 6.45) is 1.66. The number of nitrogens with zero attached hydrogens (tertiary/aromatic N) is 3. The number of rotatable bonds is 3. The van der Waals surface area contributed by atoms with E-state index in [2.05, 4.69) is 10.2 Å². The van der Waals surface area contributed by atoms with Gasteiger partial charge in [-0.25, -0.2) is 4.79 Å². The third-order valence-electron chi connectivity index (χ3n) is 3.69. The molecule has 1 aromatic carbocycles. The molecular weight excluding hydrogens is 300 g/mol. The van der Waals surface area contributed by atoms with Crippen LogP contribution >= 0.6 is 11.3 Å². The quantitative estimate of drug-likeness (QED) is 0.941. The molecule has 0 saturated carbocycles. The van der Waals surface area contributed by atoms with Gasteiger partial charge in [-0.2, -0.15) is 0 Å². The molecule has 2 N–H and O–H groups in total. The first-order valence-corrected chi connectivity index (χ1v) is 8.08. The van der Waals surface area contributed by atoms with Crippen molar-refractivity contribution in [1.29, 1.82) is 0 Å². The van der Waals surface area contributed by atoms with Crippen LogP contribution in [0.1, 0.15) is 29.3 Å². The van der Waals surface area contributed by atoms with E-state index in [9.17, 15) is 4.79 Å². The third-order valence-corrected chi connectivity index (χ3v) is 4.61. The Hall–Kier alpha value is -2.15. The standard InChI is InChI=1S/C15H18N4O2S/c16-14-18-17-13(22-14)12-7-4-8-19(9-12)15(20)21-10-11-5-2-1-3-6-11/h1-3,5-6,12H,4,7-10H2,(H2,16,18). The second kappa shape index (κ2) is 6.74. The summed E-state index contributed by atoms with van der Waals surface area (Å²) in [7, 11) is 0. The Morgan fingerprint density at radius 2 is 2.18 bits per heavy atom. The molecule has 0 aliphatic carbocycles. The van der Waals surface area contributed by atoms with Crippen molar-refractivity contribution < 1.29 is 9.53 Å². The molecule has 1 aromatic heterocycles. The van der Waals surface area contributed by atoms with Crippen molar-refractivity contribution in [3.63, 3.8) is 0 Å². The first kappa shape index (κ1) is 14.8. The highest BCUT2D eigenvalue weighted by atomic mass is 32.1. The zero-order chi connectivity index (χ0) is 15.4. The lowest BCUT2D eigenvalue weighted by Crippen LogP contribution is -2.39. The van der Waals surface area contributed by atoms with Crippen LogP contribution in [0, 0.1) is 0 Å². The van der Waals surface area contributed by atoms with Crippen molar-refractivity contribution >= 4 is 22.6 Å². The molecule has 1 unspecified atom stereocenters. The van der Waals surface area contributed by atoms with Crippen molar-refractivity contribution in [2.24, 2.45) is 0 Å². The Balaban J connectivity index is 1.56. The fourth-order valence-electron chi connectivity index (χ4n) is 2.57. The summed E-state index contributed by atoms with van der Waals surface area (Å²) in [6.45, 7) is 1.63. The molecule has 116 valence electrons. The predicted octanol–water partition coefficient (Wildman–Crippen LogP) is 2.64. The second-order valence-electron chi connectivity index (χ2n) is 5.30. The summed E-state index contributed by atoms with van der Waals surface area (Å²) in [5.41, 5.74) is 6.62. The third kappa shape index (κ3) is 3.54. The first-order valence-electron chi connectivity index (χ1n) is 7.27. The van der Waals surface area contributed by atoms with Gasteiger partial charge >= 0.3 is 6.09 Å². The molecule has 0 spiro atoms. The number of piperidine rings is 1. The van der Waals surface area contributed by atoms with Crippen LogP contribution in [-0.2, 0) is 11.3 Å². The van der Waals surface area contributed by atoms with Crippen molar-refractivity contribution in [2.75, 3.05) is 18.8 Å². The lowest BCUT2D eigenvalue weighted by Gasteiger charge is -2.30. The first-order chi connectivity index (χ1) is 10.7. The average molecular weight is 318 g/mol. The number of hydrogen-bond donors (Lipinski definition) is 1. The topological polar surface area (TPSA) is 81.3 Å². The number of ether oxygens (including phenoxy) is 1. The van der Waals surface area contributed by atoms with Crippen LogP contribution in [0.15, 0.2) is 30.3 Å². The molecule has 1 fully saturated rings. The van der Waals surface area contributed by atoms with Gasteiger partial charge in [-0.15, -0.1) is 10.2 Å². The van der Waals surface area contributed by atoms with Crippen molar-refractivity contribution in [2.45, 2.75) is 25.4 Å². The summed E-state index contributed by atoms with van der Waals surface area (Å²) in [5.74, 6) is 0.202. The number of hydrogen-bond acceptors (Lipinski definition) is 6. The molecule has 3 rings (SSSR count). The number of amides is 1. The van der Waals surface area contributed by atoms with Gasteiger partial charge in [0, 0.05) is 19.0 Å². The maximum Gasteiger partial charge on any atom is 0.410 e. The van der Waals surface area contributed by atoms with E-state index in [1.54, 1.807) is 4.90 Å². The number of anilines is 1. The molecule has 1 aliphatic rings. The number of aromatic nitrogens is 2. The monoisotopic (exact) mass is 318 g/mol. The van der Waals surface area contributed by atoms with Gasteiger partial charge in [-0.3, -0.25) is 0 Å². The van der Waals surface area contributed by atoms with Crippen molar-refractivity contribution in [3.05, 3.63) is 40.9 Å². The highest BCUT2D eigenvalue weighted by Crippen LogP contribution is 2.30. The largest absolute Gasteiger partial charge is 0.445 e. The molecule has 1 atom stereocenters. The normalized spacial score (nSPS) is 18.2. The van der Waals surface area contributed by atoms with Crippen LogP contribution in [0.5, 0.6) is 0 Å². The second-order valence-corrected chi connectivity index (χ2v) is 6.34. The number of nitrogens with two attached hydrogens (primary N) is 1. The van der Waals surface area contributed by atoms with E-state index in [-0.39, 0.29) is 12.0 Å². The summed E-state index contributed by atoms with van der Waals surface area (Å²) in [6, 6.07) is 9.68. The van der Waals surface area contributed by atoms with Gasteiger partial charge in [-0.1, -0.05) is 41.7 Å². The van der Waals surface area contributed by atoms with Gasteiger partial charge < -0.3 is 15.4 Å². The molecule has 1 aliphatic heterocycles. The average Bonchev–Trinajstić information content (AvgIpc) is 3.00. The Morgan fingerprint density at radius 3 is 2.91 bits per heavy atom. The maximum atomic E-state index is 12.2. The summed E-state index contributed by atoms with van der Waals surface area (Å²) >= 11 is 1.40. The number of likely N-dealkylation sites (tertiary alicyclic amines) is 1. The molecule has 0 bridgehead atoms. The van der Waals surface area contributed by atoms with E-state index in [1.807, 2.05) is 30.3 Å². The van der Waals surface area contributed by atoms with Gasteiger partial charge in [0.2, 0.25) is 5.13 Å². The maximum absolute atomic E-state index is 12.2. The Morgan fingerprint density at radius 1 is 1.36 bits per heavy atom. The molecule has 7 heteroatoms. The van der Waals surface area contributed by atoms with E-state index in [0.717, 1.165) is 30.0 Å². The number of carbonyl (C=O) groups excluding carboxylic acids is 1. The van der Waals surface area contributed by atoms with E-state index >= 15 is 0 Å². The van der Waals surface area contributed by atoms with Gasteiger partial charge in [-0.05, 0) is 18.4 Å². The van der Waals surface area contributed by atoms with Crippen LogP contribution < -0.4 is 5.73 Å². The number of benzene rings is 1. The molecule has 1 amide bonds. The minimum Gasteiger partial charge on any atom is -0.445 e. The SMILES string of the molecule is Nc1nnc(C2CCCN(C(=O)OCc3ccccc3)C2)s1. The van der Waals surface area contributed by atoms with Gasteiger partial charge in [0.05, 0.1) is 0 Å². The molecule has 6 nitrogen and oxygen atoms in total. The minimum absolute atomic E-state index is 0.202. The lowest BCUT2D eigenvalue weighted by molar-refractivity contribution is 0.0858. The zero-order valence-corrected chi connectivity index (χ0v) is 13.0. The predicted molar refractivity (Wildman–Crippen MR) is 84.5 cm³/mol. The van der Waals surface area contributed by atoms with Crippen molar-refractivity contribution in [3.8, 4) is 0 Å². The van der Waals surface area contributed by atoms with Crippen LogP contribution in [0.25, 0.3) is 0 Å². The van der Waals surface area contributed by atoms with E-state index in [4.69, 9.17) is 10.5 Å². The molecular formula is C15H18N4O2S. The highest BCUT2D eigenvalue weighted by Gasteiger charge is 2.27. The molecule has 22 heavy (non-hydrogen) atoms. The molecule has 2 aromatic rings. The van der Waals surface area contributed by atoms with Gasteiger partial charge in [0.15, 0.2) is 0 Å². The van der Waals surface area contributed by atoms with Crippen LogP contribution in [0.3, 0.4) is 0 Å². The molecule has 2 heterocycles. The summed E-state index contributed by atoms with van der Waals surface area (Å²) in [5, 5.41) is 9.31. The molecule has 1 saturated heterocycles. The Bertz CT molecular complexity index is 631. The smallest absolute Gasteiger partial charge is 0.410 e. The fourth-order valence-corrected chi connectivity index (χ4v) is 3.30. The van der Waals surface area contributed by atoms with E-state index in [1.165, 1.54) is 11.3 Å². The van der Waals surface area contributed by atoms with Crippen LogP contribution in [0.2, 0.25) is 0 Å². The number of nitrogen functional groups attached to an aromatic ring is 1. The fraction of sp³-hybridized carbons (Fsp3) is 0.400. The Kier molecular flexibility index (Phi) is 4.53. The molecule has 0 radical (unpaired) electrons. The van der Waals surface area contributed by atoms with Crippen molar-refractivity contribution in [1.82, 2.24) is 15.1 Å². The summed E-state index contributed by atoms with van der Waals surface area (Å²) < 4.78 is 5.39. The van der Waals surface area contributed by atoms with E-state index < -0.39 is 0 Å². The van der Waals surface area contributed by atoms with Gasteiger partial charge in [0.25, 0.3) is 0 Å². The summed E-state index contributed by atoms with van der Waals surface area (Å²) in [4.78, 5) is 13.9. The van der Waals surface area contributed by atoms with Gasteiger partial charge in [0.1, 0.15) is 11.6 Å². The minimum atomic E-state index is -0.272. The van der Waals surface area contributed by atoms with Crippen LogP contribution in [-0.4, -0.2) is 34.3 Å². The van der Waals surface area contributed by atoms with E-state index in [0.29, 0.717) is 18.3 Å². The Labute approximate surface area is 132 Å². The van der Waals surface area contributed by atoms with Crippen LogP contribution in [0.4, 0.5) is 9.93 Å². The zero-order valence-electron chi connectivity index (χ0n) is 12.1. The number of carbonyl (C=O) groups is 1. The highest BCUT2D eigenvalue weighted by molar-refractivity contribution is 7.15.